The maximum Gasteiger partial charge on any atom is -0.00489 e. The molecule has 0 atom stereocenters. The van der Waals surface area contributed by atoms with Crippen LogP contribution >= 0.6 is 0 Å². The summed E-state index contributed by atoms with van der Waals surface area (Å²) in [7, 11) is 0. The van der Waals surface area contributed by atoms with Gasteiger partial charge in [-0.25, -0.2) is 0 Å². The van der Waals surface area contributed by atoms with Crippen molar-refractivity contribution in [3.8, 4) is 0 Å². The van der Waals surface area contributed by atoms with Crippen LogP contribution in [0.4, 0.5) is 0 Å². The van der Waals surface area contributed by atoms with E-state index in [0.717, 1.165) is 5.92 Å². The van der Waals surface area contributed by atoms with Gasteiger partial charge in [0.1, 0.15) is 0 Å². The van der Waals surface area contributed by atoms with Crippen molar-refractivity contribution in [2.24, 2.45) is 5.92 Å². The van der Waals surface area contributed by atoms with Crippen LogP contribution in [0.15, 0.2) is 0 Å². The largest absolute Gasteiger partial charge is 0.317 e. The molecule has 0 rings (SSSR count). The third-order valence-corrected chi connectivity index (χ3v) is 2.59. The number of hydrogen-bond donors (Lipinski definition) is 1. The summed E-state index contributed by atoms with van der Waals surface area (Å²) < 4.78 is 0. The molecule has 14 heavy (non-hydrogen) atoms. The zero-order valence-electron chi connectivity index (χ0n) is 10.4. The van der Waals surface area contributed by atoms with Crippen LogP contribution in [-0.2, 0) is 0 Å². The lowest BCUT2D eigenvalue weighted by Crippen LogP contribution is -2.16. The molecule has 0 fully saturated rings. The zero-order chi connectivity index (χ0) is 10.6. The Morgan fingerprint density at radius 2 is 1.50 bits per heavy atom. The number of rotatable bonds is 10. The van der Waals surface area contributed by atoms with Crippen LogP contribution in [0.5, 0.6) is 0 Å². The van der Waals surface area contributed by atoms with Gasteiger partial charge in [0.05, 0.1) is 0 Å². The Hall–Kier alpha value is -0.0400. The summed E-state index contributed by atoms with van der Waals surface area (Å²) in [6.07, 6.45) is 9.63. The average Bonchev–Trinajstić information content (AvgIpc) is 2.15. The van der Waals surface area contributed by atoms with Crippen molar-refractivity contribution in [3.05, 3.63) is 0 Å². The van der Waals surface area contributed by atoms with E-state index in [0.29, 0.717) is 0 Å². The smallest absolute Gasteiger partial charge is 0.00489 e. The second-order valence-corrected chi connectivity index (χ2v) is 4.70. The lowest BCUT2D eigenvalue weighted by Gasteiger charge is -2.05. The average molecular weight is 199 g/mol. The highest BCUT2D eigenvalue weighted by molar-refractivity contribution is 4.51. The van der Waals surface area contributed by atoms with Crippen molar-refractivity contribution in [1.82, 2.24) is 5.32 Å². The molecule has 0 amide bonds. The van der Waals surface area contributed by atoms with Gasteiger partial charge in [0.25, 0.3) is 0 Å². The van der Waals surface area contributed by atoms with E-state index in [1.54, 1.807) is 0 Å². The Kier molecular flexibility index (Phi) is 11.0. The predicted molar refractivity (Wildman–Crippen MR) is 65.7 cm³/mol. The second kappa shape index (κ2) is 11.0. The molecule has 0 aliphatic rings. The topological polar surface area (TPSA) is 12.0 Å². The van der Waals surface area contributed by atoms with Crippen molar-refractivity contribution in [2.75, 3.05) is 13.1 Å². The molecule has 0 spiro atoms. The van der Waals surface area contributed by atoms with Gasteiger partial charge in [0.2, 0.25) is 0 Å². The quantitative estimate of drug-likeness (QED) is 0.525. The predicted octanol–water partition coefficient (Wildman–Crippen LogP) is 3.98. The molecule has 0 aliphatic heterocycles. The minimum Gasteiger partial charge on any atom is -0.317 e. The number of nitrogens with one attached hydrogen (secondary N) is 1. The van der Waals surface area contributed by atoms with E-state index in [-0.39, 0.29) is 0 Å². The molecule has 0 radical (unpaired) electrons. The van der Waals surface area contributed by atoms with Crippen molar-refractivity contribution < 1.29 is 0 Å². The van der Waals surface area contributed by atoms with E-state index >= 15 is 0 Å². The van der Waals surface area contributed by atoms with Gasteiger partial charge in [0, 0.05) is 0 Å². The lowest BCUT2D eigenvalue weighted by molar-refractivity contribution is 0.514. The second-order valence-electron chi connectivity index (χ2n) is 4.70. The maximum atomic E-state index is 3.52. The summed E-state index contributed by atoms with van der Waals surface area (Å²) >= 11 is 0. The molecule has 0 heterocycles. The van der Waals surface area contributed by atoms with E-state index in [4.69, 9.17) is 0 Å². The summed E-state index contributed by atoms with van der Waals surface area (Å²) in [5, 5.41) is 3.52. The van der Waals surface area contributed by atoms with Gasteiger partial charge in [-0.05, 0) is 31.8 Å². The van der Waals surface area contributed by atoms with Gasteiger partial charge in [0.15, 0.2) is 0 Å². The summed E-state index contributed by atoms with van der Waals surface area (Å²) in [5.41, 5.74) is 0. The fourth-order valence-electron chi connectivity index (χ4n) is 1.60. The Balaban J connectivity index is 2.85. The minimum absolute atomic E-state index is 0.875. The molecule has 0 aromatic carbocycles. The molecule has 86 valence electrons. The first-order valence-electron chi connectivity index (χ1n) is 6.48. The summed E-state index contributed by atoms with van der Waals surface area (Å²) in [5.74, 6) is 0.875. The maximum absolute atomic E-state index is 3.52. The fraction of sp³-hybridized carbons (Fsp3) is 1.00. The van der Waals surface area contributed by atoms with Crippen LogP contribution in [0.25, 0.3) is 0 Å². The van der Waals surface area contributed by atoms with Gasteiger partial charge in [-0.15, -0.1) is 0 Å². The van der Waals surface area contributed by atoms with Crippen molar-refractivity contribution in [1.29, 1.82) is 0 Å². The zero-order valence-corrected chi connectivity index (χ0v) is 10.4. The fourth-order valence-corrected chi connectivity index (χ4v) is 1.60. The molecule has 0 unspecified atom stereocenters. The number of unbranched alkanes of at least 4 members (excludes halogenated alkanes) is 4. The molecule has 1 N–H and O–H groups in total. The van der Waals surface area contributed by atoms with Gasteiger partial charge >= 0.3 is 0 Å². The van der Waals surface area contributed by atoms with Crippen molar-refractivity contribution in [2.45, 2.75) is 65.7 Å². The third-order valence-electron chi connectivity index (χ3n) is 2.59. The van der Waals surface area contributed by atoms with Gasteiger partial charge in [-0.2, -0.15) is 0 Å². The Labute approximate surface area is 90.7 Å². The molecule has 0 aromatic heterocycles. The molecule has 0 saturated heterocycles. The first-order chi connectivity index (χ1) is 6.77. The van der Waals surface area contributed by atoms with Crippen LogP contribution in [0.1, 0.15) is 65.7 Å². The Morgan fingerprint density at radius 1 is 0.857 bits per heavy atom. The van der Waals surface area contributed by atoms with E-state index in [2.05, 4.69) is 26.1 Å². The standard InChI is InChI=1S/C13H29N/c1-4-5-6-8-11-14-12-9-7-10-13(2)3/h13-14H,4-12H2,1-3H3. The first kappa shape index (κ1) is 14.0. The first-order valence-corrected chi connectivity index (χ1v) is 6.48. The van der Waals surface area contributed by atoms with Crippen LogP contribution in [-0.4, -0.2) is 13.1 Å². The molecule has 0 aliphatic carbocycles. The SMILES string of the molecule is CCCCCCNCCCCC(C)C. The van der Waals surface area contributed by atoms with Crippen LogP contribution in [0.2, 0.25) is 0 Å². The van der Waals surface area contributed by atoms with Gasteiger partial charge in [-0.1, -0.05) is 52.9 Å². The summed E-state index contributed by atoms with van der Waals surface area (Å²) in [4.78, 5) is 0. The molecule has 0 saturated carbocycles. The Morgan fingerprint density at radius 3 is 2.07 bits per heavy atom. The molecular weight excluding hydrogens is 170 g/mol. The van der Waals surface area contributed by atoms with Gasteiger partial charge in [-0.3, -0.25) is 0 Å². The lowest BCUT2D eigenvalue weighted by atomic mass is 10.1. The normalized spacial score (nSPS) is 11.1. The highest BCUT2D eigenvalue weighted by Crippen LogP contribution is 2.05. The van der Waals surface area contributed by atoms with Crippen LogP contribution < -0.4 is 5.32 Å². The third kappa shape index (κ3) is 12.0. The highest BCUT2D eigenvalue weighted by atomic mass is 14.8. The highest BCUT2D eigenvalue weighted by Gasteiger charge is 1.93. The summed E-state index contributed by atoms with van der Waals surface area (Å²) in [6, 6.07) is 0. The minimum atomic E-state index is 0.875. The van der Waals surface area contributed by atoms with Crippen LogP contribution in [0.3, 0.4) is 0 Å². The van der Waals surface area contributed by atoms with Crippen molar-refractivity contribution in [3.63, 3.8) is 0 Å². The monoisotopic (exact) mass is 199 g/mol. The van der Waals surface area contributed by atoms with Crippen molar-refractivity contribution >= 4 is 0 Å². The molecule has 1 heteroatoms. The van der Waals surface area contributed by atoms with E-state index in [1.807, 2.05) is 0 Å². The van der Waals surface area contributed by atoms with Gasteiger partial charge < -0.3 is 5.32 Å². The van der Waals surface area contributed by atoms with E-state index in [1.165, 1.54) is 58.0 Å². The Bertz CT molecular complexity index is 99.4. The van der Waals surface area contributed by atoms with Crippen LogP contribution in [0, 0.1) is 5.92 Å². The molecule has 1 nitrogen and oxygen atoms in total. The van der Waals surface area contributed by atoms with E-state index in [9.17, 15) is 0 Å². The molecule has 0 bridgehead atoms. The summed E-state index contributed by atoms with van der Waals surface area (Å²) in [6.45, 7) is 9.32. The molecule has 0 aromatic rings. The van der Waals surface area contributed by atoms with E-state index < -0.39 is 0 Å². The molecular formula is C13H29N. The number of hydrogen-bond acceptors (Lipinski definition) is 1.